The van der Waals surface area contributed by atoms with E-state index in [1.165, 1.54) is 36.4 Å². The molecule has 1 unspecified atom stereocenters. The van der Waals surface area contributed by atoms with Crippen LogP contribution in [0.2, 0.25) is 5.02 Å². The van der Waals surface area contributed by atoms with Crippen LogP contribution in [-0.2, 0) is 20.8 Å². The summed E-state index contributed by atoms with van der Waals surface area (Å²) in [7, 11) is 0. The molecule has 3 aromatic rings. The van der Waals surface area contributed by atoms with Crippen molar-refractivity contribution in [2.45, 2.75) is 12.5 Å². The van der Waals surface area contributed by atoms with Gasteiger partial charge in [-0.3, -0.25) is 19.8 Å². The fraction of sp³-hybridized carbons (Fsp3) is 0.0800. The van der Waals surface area contributed by atoms with Gasteiger partial charge in [-0.05, 0) is 35.9 Å². The summed E-state index contributed by atoms with van der Waals surface area (Å²) in [6.45, 7) is 0. The number of anilines is 2. The summed E-state index contributed by atoms with van der Waals surface area (Å²) in [6.07, 6.45) is -0.00297. The number of carbonyl (C=O) groups excluding carboxylic acids is 3. The van der Waals surface area contributed by atoms with Gasteiger partial charge in [-0.15, -0.1) is 0 Å². The highest BCUT2D eigenvalue weighted by molar-refractivity contribution is 6.31. The second kappa shape index (κ2) is 11.4. The fourth-order valence-electron chi connectivity index (χ4n) is 3.31. The Morgan fingerprint density at radius 1 is 1.03 bits per heavy atom. The van der Waals surface area contributed by atoms with E-state index < -0.39 is 23.8 Å². The van der Waals surface area contributed by atoms with Crippen molar-refractivity contribution in [3.63, 3.8) is 0 Å². The first-order valence-corrected chi connectivity index (χ1v) is 10.6. The molecule has 0 radical (unpaired) electrons. The monoisotopic (exact) mass is 490 g/mol. The zero-order valence-corrected chi connectivity index (χ0v) is 18.9. The van der Waals surface area contributed by atoms with Crippen molar-refractivity contribution in [1.29, 1.82) is 5.26 Å². The number of aromatic carboxylic acids is 1. The first-order chi connectivity index (χ1) is 16.8. The molecule has 176 valence electrons. The molecule has 9 nitrogen and oxygen atoms in total. The minimum absolute atomic E-state index is 0.0158. The molecule has 1 atom stereocenters. The maximum absolute atomic E-state index is 13.4. The largest absolute Gasteiger partial charge is 0.478 e. The van der Waals surface area contributed by atoms with Crippen LogP contribution in [0.25, 0.3) is 0 Å². The van der Waals surface area contributed by atoms with E-state index in [1.807, 2.05) is 6.07 Å². The topological polar surface area (TPSA) is 140 Å². The highest BCUT2D eigenvalue weighted by atomic mass is 35.5. The van der Waals surface area contributed by atoms with Gasteiger partial charge >= 0.3 is 11.9 Å². The predicted molar refractivity (Wildman–Crippen MR) is 129 cm³/mol. The zero-order valence-electron chi connectivity index (χ0n) is 18.1. The van der Waals surface area contributed by atoms with Crippen LogP contribution in [-0.4, -0.2) is 40.2 Å². The number of nitrogens with one attached hydrogen (secondary N) is 2. The molecule has 2 amide bonds. The van der Waals surface area contributed by atoms with Crippen LogP contribution in [0.1, 0.15) is 21.5 Å². The SMILES string of the molecule is N#Cc1ccc(Cl)cc1NN(C(=O)C=O)C(Cc1ccccc1)C(=O)Nc1ccccc1C(=O)O. The molecule has 0 aliphatic heterocycles. The van der Waals surface area contributed by atoms with E-state index in [4.69, 9.17) is 11.6 Å². The number of amides is 2. The molecule has 3 aromatic carbocycles. The van der Waals surface area contributed by atoms with Crippen LogP contribution < -0.4 is 10.7 Å². The minimum atomic E-state index is -1.32. The summed E-state index contributed by atoms with van der Waals surface area (Å²) in [5.41, 5.74) is 3.43. The van der Waals surface area contributed by atoms with Crippen LogP contribution >= 0.6 is 11.6 Å². The van der Waals surface area contributed by atoms with E-state index >= 15 is 0 Å². The van der Waals surface area contributed by atoms with Crippen LogP contribution in [0.3, 0.4) is 0 Å². The van der Waals surface area contributed by atoms with Crippen LogP contribution in [0.15, 0.2) is 72.8 Å². The average molecular weight is 491 g/mol. The van der Waals surface area contributed by atoms with Gasteiger partial charge < -0.3 is 10.4 Å². The third-order valence-electron chi connectivity index (χ3n) is 4.98. The lowest BCUT2D eigenvalue weighted by atomic mass is 10.0. The van der Waals surface area contributed by atoms with Gasteiger partial charge in [-0.1, -0.05) is 54.1 Å². The van der Waals surface area contributed by atoms with Crippen molar-refractivity contribution >= 4 is 47.0 Å². The third kappa shape index (κ3) is 6.22. The van der Waals surface area contributed by atoms with Crippen molar-refractivity contribution in [3.8, 4) is 6.07 Å². The second-order valence-corrected chi connectivity index (χ2v) is 7.72. The van der Waals surface area contributed by atoms with E-state index in [0.717, 1.165) is 5.01 Å². The van der Waals surface area contributed by atoms with Crippen molar-refractivity contribution in [3.05, 3.63) is 94.5 Å². The van der Waals surface area contributed by atoms with Crippen LogP contribution in [0.4, 0.5) is 11.4 Å². The van der Waals surface area contributed by atoms with E-state index in [9.17, 15) is 29.5 Å². The van der Waals surface area contributed by atoms with Crippen molar-refractivity contribution < 1.29 is 24.3 Å². The molecule has 0 aliphatic carbocycles. The molecule has 3 N–H and O–H groups in total. The quantitative estimate of drug-likeness (QED) is 0.237. The van der Waals surface area contributed by atoms with Gasteiger partial charge in [0.25, 0.3) is 0 Å². The van der Waals surface area contributed by atoms with E-state index in [-0.39, 0.29) is 40.2 Å². The van der Waals surface area contributed by atoms with Gasteiger partial charge in [0.15, 0.2) is 0 Å². The Morgan fingerprint density at radius 3 is 2.37 bits per heavy atom. The lowest BCUT2D eigenvalue weighted by molar-refractivity contribution is -0.141. The Labute approximate surface area is 205 Å². The molecule has 0 aromatic heterocycles. The molecule has 0 saturated carbocycles. The van der Waals surface area contributed by atoms with E-state index in [1.54, 1.807) is 36.4 Å². The highest BCUT2D eigenvalue weighted by Gasteiger charge is 2.32. The molecule has 0 heterocycles. The van der Waals surface area contributed by atoms with Gasteiger partial charge in [-0.25, -0.2) is 9.80 Å². The Bertz CT molecular complexity index is 1310. The number of halogens is 1. The molecular weight excluding hydrogens is 472 g/mol. The molecule has 0 aliphatic rings. The number of carbonyl (C=O) groups is 4. The fourth-order valence-corrected chi connectivity index (χ4v) is 3.48. The molecule has 0 bridgehead atoms. The Morgan fingerprint density at radius 2 is 1.71 bits per heavy atom. The molecule has 0 saturated heterocycles. The number of carboxylic acid groups (broad SMARTS) is 1. The number of benzene rings is 3. The zero-order chi connectivity index (χ0) is 25.4. The number of hydrogen-bond donors (Lipinski definition) is 3. The van der Waals surface area contributed by atoms with Crippen LogP contribution in [0, 0.1) is 11.3 Å². The Hall–Kier alpha value is -4.68. The maximum Gasteiger partial charge on any atom is 0.337 e. The normalized spacial score (nSPS) is 11.0. The number of carboxylic acids is 1. The number of para-hydroxylation sites is 1. The molecule has 35 heavy (non-hydrogen) atoms. The standard InChI is InChI=1S/C25H19ClN4O5/c26-18-11-10-17(14-27)21(13-18)29-30(23(32)15-31)22(12-16-6-2-1-3-7-16)24(33)28-20-9-5-4-8-19(20)25(34)35/h1-11,13,15,22,29H,12H2,(H,28,33)(H,34,35). The summed E-state index contributed by atoms with van der Waals surface area (Å²) >= 11 is 6.04. The summed E-state index contributed by atoms with van der Waals surface area (Å²) in [5.74, 6) is -3.10. The summed E-state index contributed by atoms with van der Waals surface area (Å²) in [6, 6.07) is 19.4. The number of nitrogens with zero attached hydrogens (tertiary/aromatic N) is 2. The average Bonchev–Trinajstić information content (AvgIpc) is 2.86. The van der Waals surface area contributed by atoms with Crippen molar-refractivity contribution in [2.24, 2.45) is 0 Å². The molecule has 10 heteroatoms. The highest BCUT2D eigenvalue weighted by Crippen LogP contribution is 2.23. The summed E-state index contributed by atoms with van der Waals surface area (Å²) in [4.78, 5) is 49.2. The Balaban J connectivity index is 2.04. The maximum atomic E-state index is 13.4. The van der Waals surface area contributed by atoms with Crippen molar-refractivity contribution in [1.82, 2.24) is 5.01 Å². The number of nitriles is 1. The van der Waals surface area contributed by atoms with Crippen LogP contribution in [0.5, 0.6) is 0 Å². The van der Waals surface area contributed by atoms with E-state index in [0.29, 0.717) is 5.56 Å². The number of rotatable bonds is 9. The minimum Gasteiger partial charge on any atom is -0.478 e. The lowest BCUT2D eigenvalue weighted by Gasteiger charge is -2.31. The third-order valence-corrected chi connectivity index (χ3v) is 5.22. The molecule has 3 rings (SSSR count). The Kier molecular flexibility index (Phi) is 8.16. The molecular formula is C25H19ClN4O5. The van der Waals surface area contributed by atoms with Gasteiger partial charge in [0.05, 0.1) is 22.5 Å². The first-order valence-electron chi connectivity index (χ1n) is 10.3. The number of hydrogen-bond acceptors (Lipinski definition) is 6. The lowest BCUT2D eigenvalue weighted by Crippen LogP contribution is -2.52. The van der Waals surface area contributed by atoms with Gasteiger partial charge in [0.2, 0.25) is 12.2 Å². The van der Waals surface area contributed by atoms with Gasteiger partial charge in [0, 0.05) is 11.4 Å². The number of aldehydes is 1. The summed E-state index contributed by atoms with van der Waals surface area (Å²) < 4.78 is 0. The van der Waals surface area contributed by atoms with Gasteiger partial charge in [0.1, 0.15) is 12.1 Å². The summed E-state index contributed by atoms with van der Waals surface area (Å²) in [5, 5.41) is 22.5. The molecule has 0 fully saturated rings. The van der Waals surface area contributed by atoms with E-state index in [2.05, 4.69) is 10.7 Å². The second-order valence-electron chi connectivity index (χ2n) is 7.29. The van der Waals surface area contributed by atoms with Crippen molar-refractivity contribution in [2.75, 3.05) is 10.7 Å². The predicted octanol–water partition coefficient (Wildman–Crippen LogP) is 3.51. The smallest absolute Gasteiger partial charge is 0.337 e. The molecule has 0 spiro atoms. The number of hydrazine groups is 1. The van der Waals surface area contributed by atoms with Gasteiger partial charge in [-0.2, -0.15) is 5.26 Å². The first kappa shape index (κ1) is 25.0.